The van der Waals surface area contributed by atoms with Crippen LogP contribution in [0, 0.1) is 0 Å². The second-order valence-corrected chi connectivity index (χ2v) is 3.44. The van der Waals surface area contributed by atoms with E-state index in [0.29, 0.717) is 13.0 Å². The van der Waals surface area contributed by atoms with E-state index in [1.54, 1.807) is 18.3 Å². The van der Waals surface area contributed by atoms with Gasteiger partial charge in [0.15, 0.2) is 0 Å². The number of halogens is 1. The molecule has 0 amide bonds. The van der Waals surface area contributed by atoms with Crippen LogP contribution in [0.2, 0.25) is 0 Å². The van der Waals surface area contributed by atoms with Crippen LogP contribution in [-0.2, 0) is 6.42 Å². The lowest BCUT2D eigenvalue weighted by Gasteiger charge is -2.03. The summed E-state index contributed by atoms with van der Waals surface area (Å²) >= 11 is 0. The summed E-state index contributed by atoms with van der Waals surface area (Å²) in [5.74, 6) is 0.994. The number of aromatic nitrogens is 2. The summed E-state index contributed by atoms with van der Waals surface area (Å²) in [6.45, 7) is 0.541. The Morgan fingerprint density at radius 1 is 1.12 bits per heavy atom. The van der Waals surface area contributed by atoms with E-state index in [9.17, 15) is 5.11 Å². The number of aromatic hydroxyl groups is 1. The number of nitrogens with zero attached hydrogens (tertiary/aromatic N) is 2. The molecule has 90 valence electrons. The van der Waals surface area contributed by atoms with E-state index in [1.165, 1.54) is 0 Å². The zero-order valence-electron chi connectivity index (χ0n) is 9.21. The minimum absolute atomic E-state index is 0. The zero-order valence-corrected chi connectivity index (χ0v) is 10.0. The van der Waals surface area contributed by atoms with Crippen LogP contribution in [0.4, 0.5) is 0 Å². The summed E-state index contributed by atoms with van der Waals surface area (Å²) in [4.78, 5) is 8.52. The second-order valence-electron chi connectivity index (χ2n) is 3.44. The summed E-state index contributed by atoms with van der Waals surface area (Å²) in [5, 5.41) is 9.19. The Morgan fingerprint density at radius 2 is 1.82 bits per heavy atom. The standard InChI is InChI=1S/C12H13N3O.ClH/c13-7-5-12-14-8-6-11(15-12)9-1-3-10(16)4-2-9;/h1-4,6,8,16H,5,7,13H2;1H. The lowest BCUT2D eigenvalue weighted by atomic mass is 10.1. The molecule has 0 spiro atoms. The van der Waals surface area contributed by atoms with E-state index in [4.69, 9.17) is 5.73 Å². The highest BCUT2D eigenvalue weighted by Crippen LogP contribution is 2.19. The molecule has 1 heterocycles. The van der Waals surface area contributed by atoms with Gasteiger partial charge >= 0.3 is 0 Å². The molecule has 17 heavy (non-hydrogen) atoms. The highest BCUT2D eigenvalue weighted by Gasteiger charge is 2.01. The minimum atomic E-state index is 0. The van der Waals surface area contributed by atoms with Gasteiger partial charge in [0.05, 0.1) is 5.69 Å². The molecule has 0 aliphatic rings. The van der Waals surface area contributed by atoms with Crippen molar-refractivity contribution in [2.75, 3.05) is 6.54 Å². The van der Waals surface area contributed by atoms with Crippen molar-refractivity contribution in [1.82, 2.24) is 9.97 Å². The summed E-state index contributed by atoms with van der Waals surface area (Å²) < 4.78 is 0. The maximum absolute atomic E-state index is 9.19. The fraction of sp³-hybridized carbons (Fsp3) is 0.167. The summed E-state index contributed by atoms with van der Waals surface area (Å²) in [6.07, 6.45) is 2.39. The van der Waals surface area contributed by atoms with Crippen molar-refractivity contribution in [3.8, 4) is 17.0 Å². The first-order valence-electron chi connectivity index (χ1n) is 5.11. The van der Waals surface area contributed by atoms with Crippen LogP contribution < -0.4 is 5.73 Å². The van der Waals surface area contributed by atoms with Gasteiger partial charge in [-0.2, -0.15) is 0 Å². The fourth-order valence-corrected chi connectivity index (χ4v) is 1.44. The first-order valence-corrected chi connectivity index (χ1v) is 5.11. The van der Waals surface area contributed by atoms with E-state index in [1.807, 2.05) is 18.2 Å². The zero-order chi connectivity index (χ0) is 11.4. The molecule has 0 fully saturated rings. The number of benzene rings is 1. The SMILES string of the molecule is Cl.NCCc1nccc(-c2ccc(O)cc2)n1. The first-order chi connectivity index (χ1) is 7.79. The van der Waals surface area contributed by atoms with E-state index in [2.05, 4.69) is 9.97 Å². The Balaban J connectivity index is 0.00000144. The van der Waals surface area contributed by atoms with Crippen molar-refractivity contribution in [3.05, 3.63) is 42.4 Å². The number of hydrogen-bond acceptors (Lipinski definition) is 4. The maximum atomic E-state index is 9.19. The first kappa shape index (κ1) is 13.4. The molecule has 0 unspecified atom stereocenters. The molecule has 3 N–H and O–H groups in total. The molecule has 0 saturated heterocycles. The minimum Gasteiger partial charge on any atom is -0.508 e. The fourth-order valence-electron chi connectivity index (χ4n) is 1.44. The third-order valence-electron chi connectivity index (χ3n) is 2.24. The number of phenolic OH excluding ortho intramolecular Hbond substituents is 1. The molecular weight excluding hydrogens is 238 g/mol. The molecule has 4 nitrogen and oxygen atoms in total. The van der Waals surface area contributed by atoms with Crippen molar-refractivity contribution in [2.24, 2.45) is 5.73 Å². The highest BCUT2D eigenvalue weighted by molar-refractivity contribution is 5.85. The molecular formula is C12H14ClN3O. The third-order valence-corrected chi connectivity index (χ3v) is 2.24. The van der Waals surface area contributed by atoms with E-state index >= 15 is 0 Å². The van der Waals surface area contributed by atoms with Gasteiger partial charge in [0, 0.05) is 18.2 Å². The van der Waals surface area contributed by atoms with Gasteiger partial charge in [-0.05, 0) is 36.9 Å². The summed E-state index contributed by atoms with van der Waals surface area (Å²) in [5.41, 5.74) is 7.26. The van der Waals surface area contributed by atoms with Gasteiger partial charge in [-0.3, -0.25) is 0 Å². The van der Waals surface area contributed by atoms with E-state index in [0.717, 1.165) is 17.1 Å². The van der Waals surface area contributed by atoms with Crippen LogP contribution in [0.1, 0.15) is 5.82 Å². The molecule has 1 aromatic carbocycles. The Labute approximate surface area is 106 Å². The number of hydrogen-bond donors (Lipinski definition) is 2. The largest absolute Gasteiger partial charge is 0.508 e. The molecule has 5 heteroatoms. The monoisotopic (exact) mass is 251 g/mol. The van der Waals surface area contributed by atoms with Gasteiger partial charge in [0.25, 0.3) is 0 Å². The quantitative estimate of drug-likeness (QED) is 0.872. The molecule has 1 aromatic heterocycles. The molecule has 0 atom stereocenters. The predicted molar refractivity (Wildman–Crippen MR) is 69.1 cm³/mol. The number of phenols is 1. The van der Waals surface area contributed by atoms with Gasteiger partial charge in [0.1, 0.15) is 11.6 Å². The Bertz CT molecular complexity index is 473. The van der Waals surface area contributed by atoms with Crippen LogP contribution in [0.3, 0.4) is 0 Å². The van der Waals surface area contributed by atoms with Gasteiger partial charge < -0.3 is 10.8 Å². The van der Waals surface area contributed by atoms with Crippen molar-refractivity contribution in [1.29, 1.82) is 0 Å². The smallest absolute Gasteiger partial charge is 0.130 e. The van der Waals surface area contributed by atoms with E-state index in [-0.39, 0.29) is 18.2 Å². The summed E-state index contributed by atoms with van der Waals surface area (Å²) in [7, 11) is 0. The van der Waals surface area contributed by atoms with Gasteiger partial charge in [-0.25, -0.2) is 9.97 Å². The molecule has 0 radical (unpaired) electrons. The van der Waals surface area contributed by atoms with Crippen molar-refractivity contribution in [3.63, 3.8) is 0 Å². The van der Waals surface area contributed by atoms with Crippen molar-refractivity contribution < 1.29 is 5.11 Å². The topological polar surface area (TPSA) is 72.0 Å². The molecule has 0 aliphatic carbocycles. The molecule has 2 aromatic rings. The lowest BCUT2D eigenvalue weighted by Crippen LogP contribution is -2.06. The predicted octanol–water partition coefficient (Wildman–Crippen LogP) is 1.77. The Kier molecular flexibility index (Phi) is 4.87. The van der Waals surface area contributed by atoms with Gasteiger partial charge in [-0.1, -0.05) is 0 Å². The van der Waals surface area contributed by atoms with E-state index < -0.39 is 0 Å². The van der Waals surface area contributed by atoms with Crippen LogP contribution >= 0.6 is 12.4 Å². The number of rotatable bonds is 3. The average Bonchev–Trinajstić information content (AvgIpc) is 2.31. The van der Waals surface area contributed by atoms with Crippen LogP contribution in [-0.4, -0.2) is 21.6 Å². The van der Waals surface area contributed by atoms with Crippen LogP contribution in [0.5, 0.6) is 5.75 Å². The lowest BCUT2D eigenvalue weighted by molar-refractivity contribution is 0.475. The molecule has 2 rings (SSSR count). The normalized spacial score (nSPS) is 9.71. The Hall–Kier alpha value is -1.65. The third kappa shape index (κ3) is 3.41. The molecule has 0 aliphatic heterocycles. The molecule has 0 bridgehead atoms. The molecule has 0 saturated carbocycles. The Morgan fingerprint density at radius 3 is 2.47 bits per heavy atom. The highest BCUT2D eigenvalue weighted by atomic mass is 35.5. The maximum Gasteiger partial charge on any atom is 0.130 e. The number of nitrogens with two attached hydrogens (primary N) is 1. The summed E-state index contributed by atoms with van der Waals surface area (Å²) in [6, 6.07) is 8.76. The van der Waals surface area contributed by atoms with Crippen LogP contribution in [0.25, 0.3) is 11.3 Å². The average molecular weight is 252 g/mol. The van der Waals surface area contributed by atoms with Crippen molar-refractivity contribution >= 4 is 12.4 Å². The van der Waals surface area contributed by atoms with Crippen LogP contribution in [0.15, 0.2) is 36.5 Å². The van der Waals surface area contributed by atoms with Gasteiger partial charge in [-0.15, -0.1) is 12.4 Å². The second kappa shape index (κ2) is 6.18. The van der Waals surface area contributed by atoms with Crippen molar-refractivity contribution in [2.45, 2.75) is 6.42 Å². The van der Waals surface area contributed by atoms with Gasteiger partial charge in [0.2, 0.25) is 0 Å².